The van der Waals surface area contributed by atoms with Gasteiger partial charge in [-0.3, -0.25) is 4.79 Å². The minimum absolute atomic E-state index is 0.198. The van der Waals surface area contributed by atoms with Gasteiger partial charge in [0.2, 0.25) is 5.91 Å². The van der Waals surface area contributed by atoms with Gasteiger partial charge in [0, 0.05) is 19.4 Å². The van der Waals surface area contributed by atoms with E-state index in [9.17, 15) is 4.79 Å². The Labute approximate surface area is 72.6 Å². The van der Waals surface area contributed by atoms with E-state index < -0.39 is 0 Å². The summed E-state index contributed by atoms with van der Waals surface area (Å²) < 4.78 is 0. The van der Waals surface area contributed by atoms with Crippen LogP contribution in [0.4, 0.5) is 0 Å². The molecule has 0 N–H and O–H groups in total. The van der Waals surface area contributed by atoms with Crippen LogP contribution in [-0.2, 0) is 4.79 Å². The van der Waals surface area contributed by atoms with E-state index >= 15 is 0 Å². The number of amides is 1. The molecule has 0 aromatic carbocycles. The summed E-state index contributed by atoms with van der Waals surface area (Å²) in [6.45, 7) is 4.97. The normalized spacial score (nSPS) is 18.6. The molecule has 1 aliphatic heterocycles. The lowest BCUT2D eigenvalue weighted by atomic mass is 10.2. The number of hydrogen-bond acceptors (Lipinski definition) is 2. The van der Waals surface area contributed by atoms with Crippen LogP contribution >= 0.6 is 12.2 Å². The van der Waals surface area contributed by atoms with Crippen molar-refractivity contribution in [3.8, 4) is 0 Å². The van der Waals surface area contributed by atoms with E-state index in [4.69, 9.17) is 12.2 Å². The third-order valence-electron chi connectivity index (χ3n) is 1.70. The van der Waals surface area contributed by atoms with Crippen LogP contribution in [0.15, 0.2) is 0 Å². The van der Waals surface area contributed by atoms with Gasteiger partial charge >= 0.3 is 0 Å². The van der Waals surface area contributed by atoms with Crippen LogP contribution in [-0.4, -0.2) is 22.3 Å². The molecule has 1 fully saturated rings. The molecule has 0 spiro atoms. The van der Waals surface area contributed by atoms with Gasteiger partial charge in [-0.05, 0) is 5.92 Å². The highest BCUT2D eigenvalue weighted by atomic mass is 32.1. The van der Waals surface area contributed by atoms with Crippen molar-refractivity contribution in [3.05, 3.63) is 0 Å². The Morgan fingerprint density at radius 3 is 2.55 bits per heavy atom. The Morgan fingerprint density at radius 2 is 2.18 bits per heavy atom. The summed E-state index contributed by atoms with van der Waals surface area (Å²) in [5.74, 6) is 0.707. The SMILES string of the molecule is CC(C)CN1C(=O)CCC1=S. The van der Waals surface area contributed by atoms with Gasteiger partial charge < -0.3 is 4.90 Å². The van der Waals surface area contributed by atoms with Gasteiger partial charge in [-0.1, -0.05) is 26.1 Å². The summed E-state index contributed by atoms with van der Waals surface area (Å²) in [7, 11) is 0. The highest BCUT2D eigenvalue weighted by Crippen LogP contribution is 2.14. The molecule has 1 saturated heterocycles. The summed E-state index contributed by atoms with van der Waals surface area (Å²) in [6.07, 6.45) is 1.40. The first-order valence-corrected chi connectivity index (χ1v) is 4.35. The molecule has 0 radical (unpaired) electrons. The summed E-state index contributed by atoms with van der Waals surface area (Å²) >= 11 is 5.04. The molecular formula is C8H13NOS. The molecule has 0 unspecified atom stereocenters. The Balaban J connectivity index is 2.55. The fraction of sp³-hybridized carbons (Fsp3) is 0.750. The van der Waals surface area contributed by atoms with E-state index in [-0.39, 0.29) is 5.91 Å². The minimum atomic E-state index is 0.198. The van der Waals surface area contributed by atoms with Gasteiger partial charge in [0.15, 0.2) is 0 Å². The zero-order valence-corrected chi connectivity index (χ0v) is 7.78. The van der Waals surface area contributed by atoms with Crippen molar-refractivity contribution in [1.29, 1.82) is 0 Å². The number of nitrogens with zero attached hydrogens (tertiary/aromatic N) is 1. The summed E-state index contributed by atoms with van der Waals surface area (Å²) in [4.78, 5) is 13.7. The highest BCUT2D eigenvalue weighted by Gasteiger charge is 2.25. The number of rotatable bonds is 2. The van der Waals surface area contributed by atoms with Crippen LogP contribution in [0.2, 0.25) is 0 Å². The third-order valence-corrected chi connectivity index (χ3v) is 2.13. The Hall–Kier alpha value is -0.440. The molecule has 2 nitrogen and oxygen atoms in total. The maximum atomic E-state index is 11.2. The van der Waals surface area contributed by atoms with Crippen molar-refractivity contribution < 1.29 is 4.79 Å². The number of thiocarbonyl (C=S) groups is 1. The minimum Gasteiger partial charge on any atom is -0.306 e. The molecule has 0 aromatic rings. The zero-order chi connectivity index (χ0) is 8.43. The molecule has 0 bridgehead atoms. The van der Waals surface area contributed by atoms with E-state index in [1.165, 1.54) is 0 Å². The molecule has 3 heteroatoms. The fourth-order valence-corrected chi connectivity index (χ4v) is 1.47. The number of carbonyl (C=O) groups excluding carboxylic acids is 1. The van der Waals surface area contributed by atoms with Crippen molar-refractivity contribution in [2.45, 2.75) is 26.7 Å². The number of carbonyl (C=O) groups is 1. The van der Waals surface area contributed by atoms with E-state index in [1.807, 2.05) is 0 Å². The average molecular weight is 171 g/mol. The fourth-order valence-electron chi connectivity index (χ4n) is 1.19. The molecule has 1 amide bonds. The van der Waals surface area contributed by atoms with Gasteiger partial charge in [-0.15, -0.1) is 0 Å². The third kappa shape index (κ3) is 1.99. The second kappa shape index (κ2) is 3.30. The summed E-state index contributed by atoms with van der Waals surface area (Å²) in [5, 5.41) is 0. The van der Waals surface area contributed by atoms with Crippen molar-refractivity contribution in [1.82, 2.24) is 4.90 Å². The molecule has 1 rings (SSSR count). The van der Waals surface area contributed by atoms with Crippen molar-refractivity contribution in [3.63, 3.8) is 0 Å². The highest BCUT2D eigenvalue weighted by molar-refractivity contribution is 7.80. The van der Waals surface area contributed by atoms with Gasteiger partial charge in [-0.25, -0.2) is 0 Å². The lowest BCUT2D eigenvalue weighted by Gasteiger charge is -2.17. The number of hydrogen-bond donors (Lipinski definition) is 0. The first-order valence-electron chi connectivity index (χ1n) is 3.94. The van der Waals surface area contributed by atoms with Crippen LogP contribution < -0.4 is 0 Å². The lowest BCUT2D eigenvalue weighted by molar-refractivity contribution is -0.125. The topological polar surface area (TPSA) is 20.3 Å². The molecule has 0 atom stereocenters. The van der Waals surface area contributed by atoms with Crippen LogP contribution in [0, 0.1) is 5.92 Å². The predicted octanol–water partition coefficient (Wildman–Crippen LogP) is 1.59. The molecular weight excluding hydrogens is 158 g/mol. The summed E-state index contributed by atoms with van der Waals surface area (Å²) in [6, 6.07) is 0. The van der Waals surface area contributed by atoms with Gasteiger partial charge in [0.05, 0.1) is 4.99 Å². The largest absolute Gasteiger partial charge is 0.306 e. The van der Waals surface area contributed by atoms with Gasteiger partial charge in [0.1, 0.15) is 0 Å². The van der Waals surface area contributed by atoms with Crippen LogP contribution in [0.25, 0.3) is 0 Å². The first-order chi connectivity index (χ1) is 5.11. The lowest BCUT2D eigenvalue weighted by Crippen LogP contribution is -2.31. The van der Waals surface area contributed by atoms with Crippen LogP contribution in [0.3, 0.4) is 0 Å². The summed E-state index contributed by atoms with van der Waals surface area (Å²) in [5.41, 5.74) is 0. The Morgan fingerprint density at radius 1 is 1.55 bits per heavy atom. The van der Waals surface area contributed by atoms with E-state index in [0.717, 1.165) is 18.0 Å². The van der Waals surface area contributed by atoms with Crippen molar-refractivity contribution in [2.24, 2.45) is 5.92 Å². The van der Waals surface area contributed by atoms with E-state index in [0.29, 0.717) is 12.3 Å². The number of likely N-dealkylation sites (tertiary alicyclic amines) is 1. The van der Waals surface area contributed by atoms with Crippen LogP contribution in [0.5, 0.6) is 0 Å². The molecule has 0 aliphatic carbocycles. The standard InChI is InChI=1S/C8H13NOS/c1-6(2)5-9-7(10)3-4-8(9)11/h6H,3-5H2,1-2H3. The maximum absolute atomic E-state index is 11.2. The van der Waals surface area contributed by atoms with Gasteiger partial charge in [0.25, 0.3) is 0 Å². The van der Waals surface area contributed by atoms with Gasteiger partial charge in [-0.2, -0.15) is 0 Å². The Bertz CT molecular complexity index is 173. The monoisotopic (exact) mass is 171 g/mol. The molecule has 62 valence electrons. The molecule has 0 aromatic heterocycles. The Kier molecular flexibility index (Phi) is 2.60. The smallest absolute Gasteiger partial charge is 0.227 e. The van der Waals surface area contributed by atoms with Crippen LogP contribution in [0.1, 0.15) is 26.7 Å². The predicted molar refractivity (Wildman–Crippen MR) is 48.4 cm³/mol. The van der Waals surface area contributed by atoms with E-state index in [1.54, 1.807) is 4.90 Å². The zero-order valence-electron chi connectivity index (χ0n) is 6.96. The molecule has 1 heterocycles. The second-order valence-electron chi connectivity index (χ2n) is 3.29. The first kappa shape index (κ1) is 8.65. The second-order valence-corrected chi connectivity index (χ2v) is 3.76. The average Bonchev–Trinajstić information content (AvgIpc) is 2.18. The maximum Gasteiger partial charge on any atom is 0.227 e. The molecule has 1 aliphatic rings. The quantitative estimate of drug-likeness (QED) is 0.588. The molecule has 0 saturated carbocycles. The van der Waals surface area contributed by atoms with E-state index in [2.05, 4.69) is 13.8 Å². The van der Waals surface area contributed by atoms with Crippen molar-refractivity contribution in [2.75, 3.05) is 6.54 Å². The van der Waals surface area contributed by atoms with Crippen molar-refractivity contribution >= 4 is 23.1 Å². The molecule has 11 heavy (non-hydrogen) atoms.